The molecular formula is C23H22Cl2N2O3S. The average molecular weight is 477 g/mol. The molecule has 1 saturated heterocycles. The van der Waals surface area contributed by atoms with Crippen molar-refractivity contribution in [2.75, 3.05) is 31.6 Å². The number of ether oxygens (including phenoxy) is 2. The minimum absolute atomic E-state index is 0. The Morgan fingerprint density at radius 1 is 1.10 bits per heavy atom. The molecule has 0 saturated carbocycles. The van der Waals surface area contributed by atoms with Gasteiger partial charge in [-0.3, -0.25) is 4.79 Å². The van der Waals surface area contributed by atoms with E-state index >= 15 is 0 Å². The Labute approximate surface area is 196 Å². The highest BCUT2D eigenvalue weighted by Gasteiger charge is 2.29. The molecule has 2 aliphatic heterocycles. The fraction of sp³-hybridized carbons (Fsp3) is 0.261. The van der Waals surface area contributed by atoms with Crippen LogP contribution in [0.2, 0.25) is 5.02 Å². The summed E-state index contributed by atoms with van der Waals surface area (Å²) >= 11 is 7.54. The summed E-state index contributed by atoms with van der Waals surface area (Å²) in [4.78, 5) is 17.0. The van der Waals surface area contributed by atoms with E-state index in [1.54, 1.807) is 7.11 Å². The van der Waals surface area contributed by atoms with E-state index in [1.165, 1.54) is 11.3 Å². The number of carbonyl (C=O) groups is 1. The number of amides is 1. The van der Waals surface area contributed by atoms with Gasteiger partial charge >= 0.3 is 0 Å². The average Bonchev–Trinajstić information content (AvgIpc) is 3.17. The zero-order valence-corrected chi connectivity index (χ0v) is 19.3. The van der Waals surface area contributed by atoms with Crippen molar-refractivity contribution < 1.29 is 14.3 Å². The molecule has 31 heavy (non-hydrogen) atoms. The van der Waals surface area contributed by atoms with Gasteiger partial charge in [-0.25, -0.2) is 0 Å². The first-order chi connectivity index (χ1) is 14.6. The van der Waals surface area contributed by atoms with Gasteiger partial charge in [0.25, 0.3) is 5.91 Å². The van der Waals surface area contributed by atoms with Crippen molar-refractivity contribution in [1.29, 1.82) is 0 Å². The molecule has 0 radical (unpaired) electrons. The number of halogens is 2. The number of nitrogens with zero attached hydrogens (tertiary/aromatic N) is 1. The Bertz CT molecular complexity index is 1100. The monoisotopic (exact) mass is 476 g/mol. The fourth-order valence-corrected chi connectivity index (χ4v) is 4.99. The Morgan fingerprint density at radius 2 is 1.87 bits per heavy atom. The van der Waals surface area contributed by atoms with E-state index in [-0.39, 0.29) is 24.4 Å². The summed E-state index contributed by atoms with van der Waals surface area (Å²) in [7, 11) is 1.62. The highest BCUT2D eigenvalue weighted by molar-refractivity contribution is 7.17. The van der Waals surface area contributed by atoms with Crippen LogP contribution in [0.3, 0.4) is 0 Å². The molecule has 2 aliphatic rings. The third-order valence-electron chi connectivity index (χ3n) is 5.48. The summed E-state index contributed by atoms with van der Waals surface area (Å²) in [6.07, 6.45) is 0.987. The highest BCUT2D eigenvalue weighted by atomic mass is 35.5. The summed E-state index contributed by atoms with van der Waals surface area (Å²) in [6.45, 7) is 2.32. The maximum absolute atomic E-state index is 13.3. The van der Waals surface area contributed by atoms with E-state index in [4.69, 9.17) is 21.1 Å². The maximum Gasteiger partial charge on any atom is 0.268 e. The summed E-state index contributed by atoms with van der Waals surface area (Å²) < 4.78 is 11.5. The van der Waals surface area contributed by atoms with Crippen LogP contribution in [0.4, 0.5) is 5.69 Å². The quantitative estimate of drug-likeness (QED) is 0.559. The zero-order valence-electron chi connectivity index (χ0n) is 16.9. The Balaban J connectivity index is 0.00000231. The van der Waals surface area contributed by atoms with Gasteiger partial charge in [-0.05, 0) is 47.9 Å². The van der Waals surface area contributed by atoms with Crippen LogP contribution in [0.25, 0.3) is 10.4 Å². The predicted molar refractivity (Wildman–Crippen MR) is 128 cm³/mol. The third kappa shape index (κ3) is 4.26. The predicted octanol–water partition coefficient (Wildman–Crippen LogP) is 5.05. The molecule has 162 valence electrons. The van der Waals surface area contributed by atoms with E-state index < -0.39 is 0 Å². The van der Waals surface area contributed by atoms with Gasteiger partial charge in [-0.15, -0.1) is 23.7 Å². The van der Waals surface area contributed by atoms with Crippen LogP contribution in [0.1, 0.15) is 15.2 Å². The first-order valence-corrected chi connectivity index (χ1v) is 11.1. The van der Waals surface area contributed by atoms with Crippen LogP contribution >= 0.6 is 35.3 Å². The van der Waals surface area contributed by atoms with E-state index in [1.807, 2.05) is 47.4 Å². The second kappa shape index (κ2) is 9.09. The topological polar surface area (TPSA) is 50.8 Å². The van der Waals surface area contributed by atoms with Crippen molar-refractivity contribution in [3.05, 3.63) is 64.0 Å². The summed E-state index contributed by atoms with van der Waals surface area (Å²) in [5, 5.41) is 3.90. The number of hydrogen-bond acceptors (Lipinski definition) is 5. The van der Waals surface area contributed by atoms with Crippen LogP contribution in [0.5, 0.6) is 11.5 Å². The van der Waals surface area contributed by atoms with Crippen LogP contribution in [-0.4, -0.2) is 38.8 Å². The third-order valence-corrected chi connectivity index (χ3v) is 6.94. The highest BCUT2D eigenvalue weighted by Crippen LogP contribution is 2.38. The number of rotatable bonds is 5. The van der Waals surface area contributed by atoms with E-state index in [2.05, 4.69) is 11.4 Å². The second-order valence-corrected chi connectivity index (χ2v) is 8.90. The number of nitrogens with one attached hydrogen (secondary N) is 1. The number of thiophene rings is 1. The van der Waals surface area contributed by atoms with Crippen molar-refractivity contribution in [2.45, 2.75) is 12.5 Å². The van der Waals surface area contributed by atoms with Gasteiger partial charge in [-0.2, -0.15) is 0 Å². The minimum Gasteiger partial charge on any atom is -0.493 e. The second-order valence-electron chi connectivity index (χ2n) is 7.41. The Kier molecular flexibility index (Phi) is 6.44. The van der Waals surface area contributed by atoms with Crippen molar-refractivity contribution >= 4 is 46.9 Å². The maximum atomic E-state index is 13.3. The minimum atomic E-state index is 0. The number of hydrogen-bond donors (Lipinski definition) is 1. The lowest BCUT2D eigenvalue weighted by Crippen LogP contribution is -2.50. The molecule has 3 aromatic rings. The van der Waals surface area contributed by atoms with Gasteiger partial charge in [-0.1, -0.05) is 23.7 Å². The molecular weight excluding hydrogens is 455 g/mol. The van der Waals surface area contributed by atoms with Crippen molar-refractivity contribution in [1.82, 2.24) is 5.32 Å². The van der Waals surface area contributed by atoms with Crippen LogP contribution < -0.4 is 19.7 Å². The molecule has 0 unspecified atom stereocenters. The molecule has 0 bridgehead atoms. The molecule has 1 N–H and O–H groups in total. The fourth-order valence-electron chi connectivity index (χ4n) is 3.70. The molecule has 0 spiro atoms. The van der Waals surface area contributed by atoms with E-state index in [0.29, 0.717) is 23.1 Å². The molecule has 3 heterocycles. The van der Waals surface area contributed by atoms with Crippen molar-refractivity contribution in [3.63, 3.8) is 0 Å². The lowest BCUT2D eigenvalue weighted by atomic mass is 10.1. The van der Waals surface area contributed by atoms with Crippen LogP contribution in [0.15, 0.2) is 48.5 Å². The molecule has 0 atom stereocenters. The number of benzene rings is 2. The molecule has 5 rings (SSSR count). The van der Waals surface area contributed by atoms with Gasteiger partial charge in [0.2, 0.25) is 0 Å². The largest absolute Gasteiger partial charge is 0.493 e. The lowest BCUT2D eigenvalue weighted by molar-refractivity contribution is 0.0984. The number of carbonyl (C=O) groups excluding carboxylic acids is 1. The first-order valence-electron chi connectivity index (χ1n) is 9.88. The summed E-state index contributed by atoms with van der Waals surface area (Å²) in [5.41, 5.74) is 3.01. The van der Waals surface area contributed by atoms with E-state index in [9.17, 15) is 4.79 Å². The molecule has 2 aromatic carbocycles. The molecule has 1 aromatic heterocycles. The lowest BCUT2D eigenvalue weighted by Gasteiger charge is -2.30. The number of methoxy groups -OCH3 is 1. The van der Waals surface area contributed by atoms with Crippen LogP contribution in [0, 0.1) is 0 Å². The van der Waals surface area contributed by atoms with Gasteiger partial charge < -0.3 is 19.7 Å². The van der Waals surface area contributed by atoms with Gasteiger partial charge in [0, 0.05) is 41.3 Å². The van der Waals surface area contributed by atoms with Gasteiger partial charge in [0.15, 0.2) is 11.5 Å². The van der Waals surface area contributed by atoms with E-state index in [0.717, 1.165) is 46.1 Å². The van der Waals surface area contributed by atoms with Gasteiger partial charge in [0.1, 0.15) is 6.10 Å². The summed E-state index contributed by atoms with van der Waals surface area (Å²) in [6, 6.07) is 15.6. The molecule has 1 amide bonds. The van der Waals surface area contributed by atoms with Crippen LogP contribution in [-0.2, 0) is 6.42 Å². The molecule has 5 nitrogen and oxygen atoms in total. The smallest absolute Gasteiger partial charge is 0.268 e. The summed E-state index contributed by atoms with van der Waals surface area (Å²) in [5.74, 6) is 1.38. The zero-order chi connectivity index (χ0) is 20.7. The standard InChI is InChI=1S/C23H21ClN2O3S.ClH/c1-28-20-11-17(6-7-19(20)29-18-12-25-13-18)26-9-8-15-10-21(30-22(15)23(26)27)14-2-4-16(24)5-3-14;/h2-7,10-11,18,25H,8-9,12-13H2,1H3;1H. The number of anilines is 1. The molecule has 1 fully saturated rings. The number of fused-ring (bicyclic) bond motifs is 1. The Hall–Kier alpha value is -2.25. The SMILES string of the molecule is COc1cc(N2CCc3cc(-c4ccc(Cl)cc4)sc3C2=O)ccc1OC1CNC1.Cl. The van der Waals surface area contributed by atoms with Crippen molar-refractivity contribution in [3.8, 4) is 21.9 Å². The molecule has 0 aliphatic carbocycles. The van der Waals surface area contributed by atoms with Crippen molar-refractivity contribution in [2.24, 2.45) is 0 Å². The molecule has 8 heteroatoms. The van der Waals surface area contributed by atoms with Gasteiger partial charge in [0.05, 0.1) is 12.0 Å². The first kappa shape index (κ1) is 22.0. The normalized spacial score (nSPS) is 15.7. The Morgan fingerprint density at radius 3 is 2.55 bits per heavy atom.